The Bertz CT molecular complexity index is 1100. The summed E-state index contributed by atoms with van der Waals surface area (Å²) < 4.78 is 117. The number of alkyl halides is 9. The van der Waals surface area contributed by atoms with Gasteiger partial charge in [-0.3, -0.25) is 14.6 Å². The molecule has 1 aliphatic heterocycles. The molecule has 1 aromatic heterocycles. The zero-order valence-corrected chi connectivity index (χ0v) is 16.0. The van der Waals surface area contributed by atoms with Crippen molar-refractivity contribution in [3.05, 3.63) is 41.4 Å². The average molecular weight is 487 g/mol. The summed E-state index contributed by atoms with van der Waals surface area (Å²) in [5.74, 6) is -1.78. The third-order valence-electron chi connectivity index (χ3n) is 4.28. The number of likely N-dealkylation sites (N-methyl/N-ethyl adjacent to an activating group) is 1. The third kappa shape index (κ3) is 5.09. The summed E-state index contributed by atoms with van der Waals surface area (Å²) >= 11 is 0. The van der Waals surface area contributed by atoms with Crippen LogP contribution in [0.15, 0.2) is 30.2 Å². The van der Waals surface area contributed by atoms with Gasteiger partial charge in [-0.05, 0) is 18.2 Å². The molecule has 1 aliphatic rings. The van der Waals surface area contributed by atoms with Gasteiger partial charge < -0.3 is 0 Å². The molecule has 178 valence electrons. The molecule has 2 heterocycles. The lowest BCUT2D eigenvalue weighted by molar-refractivity contribution is -0.143. The summed E-state index contributed by atoms with van der Waals surface area (Å²) in [5, 5.41) is 3.61. The first kappa shape index (κ1) is 24.1. The van der Waals surface area contributed by atoms with Gasteiger partial charge in [0.15, 0.2) is 5.82 Å². The first-order valence-corrected chi connectivity index (χ1v) is 8.56. The molecular formula is C17H10F9N5O2. The predicted octanol–water partition coefficient (Wildman–Crippen LogP) is 4.24. The molecule has 0 atom stereocenters. The van der Waals surface area contributed by atoms with Crippen LogP contribution in [0.1, 0.15) is 11.1 Å². The van der Waals surface area contributed by atoms with Crippen LogP contribution in [-0.4, -0.2) is 56.3 Å². The maximum atomic E-state index is 13.0. The SMILES string of the molecule is CN1C(=O)C(=Cn2cnc(-c3cc(C(F)(F)F)cc(C(F)(F)F)c3)n2)N(CC(F)(F)F)C1=O. The quantitative estimate of drug-likeness (QED) is 0.369. The highest BCUT2D eigenvalue weighted by Gasteiger charge is 2.45. The lowest BCUT2D eigenvalue weighted by Gasteiger charge is -2.17. The maximum Gasteiger partial charge on any atom is 0.416 e. The highest BCUT2D eigenvalue weighted by Crippen LogP contribution is 2.38. The van der Waals surface area contributed by atoms with E-state index in [1.165, 1.54) is 0 Å². The molecule has 0 spiro atoms. The second-order valence-corrected chi connectivity index (χ2v) is 6.71. The largest absolute Gasteiger partial charge is 0.416 e. The number of amides is 3. The number of carbonyl (C=O) groups is 2. The number of carbonyl (C=O) groups excluding carboxylic acids is 2. The van der Waals surface area contributed by atoms with E-state index in [4.69, 9.17) is 0 Å². The van der Waals surface area contributed by atoms with E-state index in [1.807, 2.05) is 0 Å². The standard InChI is InChI=1S/C17H10F9N5O2/c1-29-13(32)11(31(14(29)33)6-15(18,19)20)5-30-7-27-12(28-30)8-2-9(16(21,22)23)4-10(3-8)17(24,25)26/h2-5,7H,6H2,1H3. The average Bonchev–Trinajstić information content (AvgIpc) is 3.21. The van der Waals surface area contributed by atoms with Crippen molar-refractivity contribution >= 4 is 18.1 Å². The number of halogens is 9. The van der Waals surface area contributed by atoms with Crippen molar-refractivity contribution in [3.63, 3.8) is 0 Å². The minimum absolute atomic E-state index is 0.0930. The van der Waals surface area contributed by atoms with E-state index >= 15 is 0 Å². The van der Waals surface area contributed by atoms with E-state index in [2.05, 4.69) is 10.1 Å². The van der Waals surface area contributed by atoms with Gasteiger partial charge in [0.1, 0.15) is 18.6 Å². The first-order valence-electron chi connectivity index (χ1n) is 8.56. The minimum atomic E-state index is -5.13. The summed E-state index contributed by atoms with van der Waals surface area (Å²) in [6, 6.07) is -0.682. The monoisotopic (exact) mass is 487 g/mol. The third-order valence-corrected chi connectivity index (χ3v) is 4.28. The molecule has 7 nitrogen and oxygen atoms in total. The minimum Gasteiger partial charge on any atom is -0.278 e. The molecule has 2 aromatic rings. The van der Waals surface area contributed by atoms with E-state index in [-0.39, 0.29) is 11.0 Å². The Balaban J connectivity index is 2.04. The molecule has 0 saturated carbocycles. The number of rotatable bonds is 3. The van der Waals surface area contributed by atoms with E-state index in [0.717, 1.165) is 13.4 Å². The molecule has 0 unspecified atom stereocenters. The Morgan fingerprint density at radius 1 is 0.909 bits per heavy atom. The van der Waals surface area contributed by atoms with Crippen molar-refractivity contribution in [2.75, 3.05) is 13.6 Å². The van der Waals surface area contributed by atoms with Gasteiger partial charge in [-0.25, -0.2) is 14.5 Å². The summed E-state index contributed by atoms with van der Waals surface area (Å²) in [6.45, 7) is -1.82. The second kappa shape index (κ2) is 7.77. The lowest BCUT2D eigenvalue weighted by Crippen LogP contribution is -2.36. The molecular weight excluding hydrogens is 477 g/mol. The van der Waals surface area contributed by atoms with Crippen molar-refractivity contribution in [1.29, 1.82) is 0 Å². The molecule has 33 heavy (non-hydrogen) atoms. The van der Waals surface area contributed by atoms with Crippen LogP contribution < -0.4 is 0 Å². The Morgan fingerprint density at radius 2 is 1.45 bits per heavy atom. The Labute approximate surface area is 177 Å². The fourth-order valence-corrected chi connectivity index (χ4v) is 2.79. The summed E-state index contributed by atoms with van der Waals surface area (Å²) in [7, 11) is 0.920. The number of imide groups is 1. The summed E-state index contributed by atoms with van der Waals surface area (Å²) in [4.78, 5) is 28.1. The van der Waals surface area contributed by atoms with Gasteiger partial charge in [-0.2, -0.15) is 39.5 Å². The van der Waals surface area contributed by atoms with Gasteiger partial charge in [-0.15, -0.1) is 5.10 Å². The number of benzene rings is 1. The van der Waals surface area contributed by atoms with Crippen LogP contribution in [0, 0.1) is 0 Å². The van der Waals surface area contributed by atoms with Gasteiger partial charge >= 0.3 is 24.6 Å². The van der Waals surface area contributed by atoms with Crippen molar-refractivity contribution in [3.8, 4) is 11.4 Å². The Kier molecular flexibility index (Phi) is 5.67. The van der Waals surface area contributed by atoms with Gasteiger partial charge in [0, 0.05) is 12.6 Å². The van der Waals surface area contributed by atoms with E-state index < -0.39 is 65.2 Å². The van der Waals surface area contributed by atoms with Crippen LogP contribution in [-0.2, 0) is 17.1 Å². The fraction of sp³-hybridized carbons (Fsp3) is 0.294. The first-order chi connectivity index (χ1) is 15.0. The molecule has 3 amide bonds. The van der Waals surface area contributed by atoms with Crippen LogP contribution in [0.3, 0.4) is 0 Å². The number of urea groups is 1. The number of hydrogen-bond donors (Lipinski definition) is 0. The molecule has 0 aliphatic carbocycles. The Morgan fingerprint density at radius 3 is 1.94 bits per heavy atom. The number of aromatic nitrogens is 3. The normalized spacial score (nSPS) is 17.0. The highest BCUT2D eigenvalue weighted by atomic mass is 19.4. The van der Waals surface area contributed by atoms with Crippen LogP contribution in [0.2, 0.25) is 0 Å². The smallest absolute Gasteiger partial charge is 0.278 e. The van der Waals surface area contributed by atoms with Crippen molar-refractivity contribution in [1.82, 2.24) is 24.6 Å². The molecule has 1 saturated heterocycles. The summed E-state index contributed by atoms with van der Waals surface area (Å²) in [6.07, 6.45) is -13.7. The molecule has 3 rings (SSSR count). The molecule has 1 fully saturated rings. The van der Waals surface area contributed by atoms with Gasteiger partial charge in [0.2, 0.25) is 0 Å². The highest BCUT2D eigenvalue weighted by molar-refractivity contribution is 6.13. The maximum absolute atomic E-state index is 13.0. The zero-order valence-electron chi connectivity index (χ0n) is 16.0. The van der Waals surface area contributed by atoms with Crippen LogP contribution in [0.5, 0.6) is 0 Å². The molecule has 0 N–H and O–H groups in total. The molecule has 0 radical (unpaired) electrons. The Hall–Kier alpha value is -3.59. The zero-order chi connectivity index (χ0) is 24.9. The van der Waals surface area contributed by atoms with Crippen LogP contribution in [0.4, 0.5) is 44.3 Å². The van der Waals surface area contributed by atoms with Crippen LogP contribution >= 0.6 is 0 Å². The van der Waals surface area contributed by atoms with Crippen molar-refractivity contribution in [2.24, 2.45) is 0 Å². The van der Waals surface area contributed by atoms with Gasteiger partial charge in [0.05, 0.1) is 17.3 Å². The van der Waals surface area contributed by atoms with E-state index in [9.17, 15) is 49.1 Å². The summed E-state index contributed by atoms with van der Waals surface area (Å²) in [5.41, 5.74) is -4.73. The van der Waals surface area contributed by atoms with Crippen molar-refractivity contribution < 1.29 is 49.1 Å². The number of nitrogens with zero attached hydrogens (tertiary/aromatic N) is 5. The second-order valence-electron chi connectivity index (χ2n) is 6.71. The van der Waals surface area contributed by atoms with Gasteiger partial charge in [-0.1, -0.05) is 0 Å². The fourth-order valence-electron chi connectivity index (χ4n) is 2.79. The molecule has 1 aromatic carbocycles. The molecule has 16 heteroatoms. The topological polar surface area (TPSA) is 71.3 Å². The lowest BCUT2D eigenvalue weighted by atomic mass is 10.0. The van der Waals surface area contributed by atoms with Crippen molar-refractivity contribution in [2.45, 2.75) is 18.5 Å². The number of hydrogen-bond acceptors (Lipinski definition) is 4. The van der Waals surface area contributed by atoms with E-state index in [0.29, 0.717) is 27.9 Å². The predicted molar refractivity (Wildman–Crippen MR) is 90.7 cm³/mol. The molecule has 0 bridgehead atoms. The van der Waals surface area contributed by atoms with Crippen LogP contribution in [0.25, 0.3) is 17.6 Å². The van der Waals surface area contributed by atoms with Gasteiger partial charge in [0.25, 0.3) is 5.91 Å². The van der Waals surface area contributed by atoms with E-state index in [1.54, 1.807) is 0 Å².